The zero-order chi connectivity index (χ0) is 17.4. The van der Waals surface area contributed by atoms with E-state index in [4.69, 9.17) is 11.6 Å². The molecule has 1 saturated carbocycles. The average molecular weight is 346 g/mol. The normalized spacial score (nSPS) is 24.3. The van der Waals surface area contributed by atoms with Crippen LogP contribution in [-0.2, 0) is 10.7 Å². The SMILES string of the molecule is CC1(C)CC(O)CC(C(=O)Nc2ccc(Cl)c(C(C)(F)F)c2)C1. The number of aliphatic hydroxyl groups is 1. The third-order valence-corrected chi connectivity index (χ3v) is 4.55. The number of nitrogens with one attached hydrogen (secondary N) is 1. The Morgan fingerprint density at radius 3 is 2.61 bits per heavy atom. The molecule has 0 bridgehead atoms. The fourth-order valence-corrected chi connectivity index (χ4v) is 3.55. The highest BCUT2D eigenvalue weighted by Crippen LogP contribution is 2.39. The van der Waals surface area contributed by atoms with E-state index in [-0.39, 0.29) is 33.5 Å². The van der Waals surface area contributed by atoms with Crippen molar-refractivity contribution >= 4 is 23.2 Å². The van der Waals surface area contributed by atoms with Crippen LogP contribution in [0, 0.1) is 11.3 Å². The molecule has 0 radical (unpaired) electrons. The first kappa shape index (κ1) is 18.1. The van der Waals surface area contributed by atoms with E-state index in [1.807, 2.05) is 13.8 Å². The Labute approximate surface area is 140 Å². The fraction of sp³-hybridized carbons (Fsp3) is 0.588. The second-order valence-electron chi connectivity index (χ2n) is 7.23. The minimum atomic E-state index is -3.08. The molecule has 2 N–H and O–H groups in total. The molecular formula is C17H22ClF2NO2. The van der Waals surface area contributed by atoms with Crippen LogP contribution in [0.4, 0.5) is 14.5 Å². The van der Waals surface area contributed by atoms with E-state index in [1.54, 1.807) is 0 Å². The second kappa shape index (κ2) is 6.36. The van der Waals surface area contributed by atoms with Crippen molar-refractivity contribution < 1.29 is 18.7 Å². The summed E-state index contributed by atoms with van der Waals surface area (Å²) >= 11 is 5.80. The molecule has 1 fully saturated rings. The molecule has 1 aliphatic carbocycles. The number of hydrogen-bond acceptors (Lipinski definition) is 2. The summed E-state index contributed by atoms with van der Waals surface area (Å²) in [7, 11) is 0. The van der Waals surface area contributed by atoms with Gasteiger partial charge in [0, 0.05) is 29.1 Å². The summed E-state index contributed by atoms with van der Waals surface area (Å²) in [6, 6.07) is 4.05. The molecule has 1 aromatic carbocycles. The summed E-state index contributed by atoms with van der Waals surface area (Å²) in [6.45, 7) is 4.78. The van der Waals surface area contributed by atoms with Crippen molar-refractivity contribution in [3.05, 3.63) is 28.8 Å². The van der Waals surface area contributed by atoms with Crippen LogP contribution in [0.5, 0.6) is 0 Å². The van der Waals surface area contributed by atoms with Crippen molar-refractivity contribution in [2.75, 3.05) is 5.32 Å². The largest absolute Gasteiger partial charge is 0.393 e. The van der Waals surface area contributed by atoms with Crippen molar-refractivity contribution in [2.45, 2.75) is 52.1 Å². The first-order valence-corrected chi connectivity index (χ1v) is 8.02. The minimum Gasteiger partial charge on any atom is -0.393 e. The monoisotopic (exact) mass is 345 g/mol. The first-order valence-electron chi connectivity index (χ1n) is 7.65. The van der Waals surface area contributed by atoms with Gasteiger partial charge in [-0.05, 0) is 42.9 Å². The molecule has 1 aliphatic rings. The fourth-order valence-electron chi connectivity index (χ4n) is 3.27. The van der Waals surface area contributed by atoms with Crippen LogP contribution in [0.3, 0.4) is 0 Å². The predicted molar refractivity (Wildman–Crippen MR) is 86.8 cm³/mol. The van der Waals surface area contributed by atoms with Crippen LogP contribution < -0.4 is 5.32 Å². The van der Waals surface area contributed by atoms with E-state index >= 15 is 0 Å². The van der Waals surface area contributed by atoms with Gasteiger partial charge >= 0.3 is 0 Å². The molecule has 0 aromatic heterocycles. The Kier molecular flexibility index (Phi) is 5.02. The maximum absolute atomic E-state index is 13.5. The van der Waals surface area contributed by atoms with E-state index in [0.29, 0.717) is 19.3 Å². The van der Waals surface area contributed by atoms with Crippen molar-refractivity contribution in [3.63, 3.8) is 0 Å². The topological polar surface area (TPSA) is 49.3 Å². The van der Waals surface area contributed by atoms with Gasteiger partial charge in [-0.3, -0.25) is 4.79 Å². The van der Waals surface area contributed by atoms with E-state index in [9.17, 15) is 18.7 Å². The maximum Gasteiger partial charge on any atom is 0.272 e. The van der Waals surface area contributed by atoms with Gasteiger partial charge in [-0.1, -0.05) is 25.4 Å². The molecule has 2 unspecified atom stereocenters. The lowest BCUT2D eigenvalue weighted by Crippen LogP contribution is -2.37. The molecule has 0 heterocycles. The quantitative estimate of drug-likeness (QED) is 0.842. The molecule has 2 atom stereocenters. The van der Waals surface area contributed by atoms with Crippen LogP contribution >= 0.6 is 11.6 Å². The van der Waals surface area contributed by atoms with Gasteiger partial charge in [-0.2, -0.15) is 0 Å². The highest BCUT2D eigenvalue weighted by molar-refractivity contribution is 6.31. The lowest BCUT2D eigenvalue weighted by atomic mass is 9.70. The number of amides is 1. The minimum absolute atomic E-state index is 0.0373. The third-order valence-electron chi connectivity index (χ3n) is 4.22. The lowest BCUT2D eigenvalue weighted by Gasteiger charge is -2.37. The van der Waals surface area contributed by atoms with Gasteiger partial charge in [-0.15, -0.1) is 0 Å². The Hall–Kier alpha value is -1.20. The van der Waals surface area contributed by atoms with E-state index in [2.05, 4.69) is 5.32 Å². The molecule has 1 aromatic rings. The summed E-state index contributed by atoms with van der Waals surface area (Å²) in [5.41, 5.74) is -0.156. The molecule has 0 aliphatic heterocycles. The standard InChI is InChI=1S/C17H22ClF2NO2/c1-16(2)8-10(6-12(22)9-16)15(23)21-11-4-5-14(18)13(7-11)17(3,19)20/h4-5,7,10,12,22H,6,8-9H2,1-3H3,(H,21,23). The van der Waals surface area contributed by atoms with Gasteiger partial charge in [0.25, 0.3) is 5.92 Å². The van der Waals surface area contributed by atoms with E-state index in [1.165, 1.54) is 18.2 Å². The highest BCUT2D eigenvalue weighted by Gasteiger charge is 2.36. The number of halogens is 3. The third kappa shape index (κ3) is 4.64. The Balaban J connectivity index is 2.14. The van der Waals surface area contributed by atoms with E-state index < -0.39 is 12.0 Å². The number of benzene rings is 1. The number of anilines is 1. The zero-order valence-corrected chi connectivity index (χ0v) is 14.3. The van der Waals surface area contributed by atoms with Crippen LogP contribution in [0.15, 0.2) is 18.2 Å². The Bertz CT molecular complexity index is 599. The average Bonchev–Trinajstić information content (AvgIpc) is 2.37. The van der Waals surface area contributed by atoms with Gasteiger partial charge < -0.3 is 10.4 Å². The molecule has 0 spiro atoms. The summed E-state index contributed by atoms with van der Waals surface area (Å²) in [6.07, 6.45) is 1.18. The highest BCUT2D eigenvalue weighted by atomic mass is 35.5. The molecule has 3 nitrogen and oxygen atoms in total. The summed E-state index contributed by atoms with van der Waals surface area (Å²) < 4.78 is 27.0. The molecule has 128 valence electrons. The Morgan fingerprint density at radius 1 is 1.39 bits per heavy atom. The number of hydrogen-bond donors (Lipinski definition) is 2. The van der Waals surface area contributed by atoms with Crippen LogP contribution in [0.2, 0.25) is 5.02 Å². The van der Waals surface area contributed by atoms with Gasteiger partial charge in [0.2, 0.25) is 5.91 Å². The number of alkyl halides is 2. The van der Waals surface area contributed by atoms with Gasteiger partial charge in [0.15, 0.2) is 0 Å². The number of rotatable bonds is 3. The predicted octanol–water partition coefficient (Wildman–Crippen LogP) is 4.58. The van der Waals surface area contributed by atoms with Gasteiger partial charge in [-0.25, -0.2) is 8.78 Å². The summed E-state index contributed by atoms with van der Waals surface area (Å²) in [5, 5.41) is 12.6. The van der Waals surface area contributed by atoms with Crippen LogP contribution in [-0.4, -0.2) is 17.1 Å². The molecule has 23 heavy (non-hydrogen) atoms. The smallest absolute Gasteiger partial charge is 0.272 e. The first-order chi connectivity index (χ1) is 10.5. The molecule has 0 saturated heterocycles. The molecule has 2 rings (SSSR count). The number of carbonyl (C=O) groups excluding carboxylic acids is 1. The van der Waals surface area contributed by atoms with E-state index in [0.717, 1.165) is 6.92 Å². The number of aliphatic hydroxyl groups excluding tert-OH is 1. The molecular weight excluding hydrogens is 324 g/mol. The maximum atomic E-state index is 13.5. The van der Waals surface area contributed by atoms with Crippen molar-refractivity contribution in [1.29, 1.82) is 0 Å². The molecule has 1 amide bonds. The van der Waals surface area contributed by atoms with Crippen molar-refractivity contribution in [2.24, 2.45) is 11.3 Å². The van der Waals surface area contributed by atoms with Crippen molar-refractivity contribution in [1.82, 2.24) is 0 Å². The van der Waals surface area contributed by atoms with Crippen LogP contribution in [0.1, 0.15) is 45.6 Å². The van der Waals surface area contributed by atoms with Gasteiger partial charge in [0.05, 0.1) is 6.10 Å². The molecule has 6 heteroatoms. The van der Waals surface area contributed by atoms with Gasteiger partial charge in [0.1, 0.15) is 0 Å². The lowest BCUT2D eigenvalue weighted by molar-refractivity contribution is -0.124. The van der Waals surface area contributed by atoms with Crippen molar-refractivity contribution in [3.8, 4) is 0 Å². The van der Waals surface area contributed by atoms with Crippen LogP contribution in [0.25, 0.3) is 0 Å². The second-order valence-corrected chi connectivity index (χ2v) is 7.64. The summed E-state index contributed by atoms with van der Waals surface area (Å²) in [5.74, 6) is -3.68. The summed E-state index contributed by atoms with van der Waals surface area (Å²) in [4.78, 5) is 12.4. The number of carbonyl (C=O) groups is 1. The zero-order valence-electron chi connectivity index (χ0n) is 13.5. The Morgan fingerprint density at radius 2 is 2.04 bits per heavy atom.